The molecule has 0 radical (unpaired) electrons. The lowest BCUT2D eigenvalue weighted by molar-refractivity contribution is -0.120. The first kappa shape index (κ1) is 36.2. The minimum atomic E-state index is -0.824. The van der Waals surface area contributed by atoms with Gasteiger partial charge < -0.3 is 34.9 Å². The van der Waals surface area contributed by atoms with Gasteiger partial charge in [-0.05, 0) is 59.6 Å². The lowest BCUT2D eigenvalue weighted by Crippen LogP contribution is -2.40. The van der Waals surface area contributed by atoms with Crippen LogP contribution in [0.1, 0.15) is 85.9 Å². The standard InChI is InChI=1S/C35H44N4O8S/c1-10-18(4)28(33(42)39-35-38-29(34(43)47-9)32(48-35)17(2)3)37-24-14-12-21-22(16-25(24)41)23(36-19(5)40)13-11-20-15-26(44-6)30(45-7)31(46-8)27(20)21/h12,14-18,23,28H,10-11,13H2,1-9H3,(H,36,40)(H,37,41)(H,38,39,42)/t18-,23+,28+/m1/s1. The number of ether oxygens (including phenoxy) is 4. The summed E-state index contributed by atoms with van der Waals surface area (Å²) in [5.74, 6) is -0.0755. The molecule has 0 aliphatic heterocycles. The molecule has 3 atom stereocenters. The molecule has 2 amide bonds. The van der Waals surface area contributed by atoms with E-state index < -0.39 is 24.0 Å². The molecule has 1 heterocycles. The number of hydrogen-bond donors (Lipinski definition) is 3. The van der Waals surface area contributed by atoms with Crippen LogP contribution in [-0.4, -0.2) is 57.2 Å². The van der Waals surface area contributed by atoms with E-state index in [2.05, 4.69) is 20.9 Å². The fourth-order valence-electron chi connectivity index (χ4n) is 5.90. The van der Waals surface area contributed by atoms with Crippen LogP contribution in [0.3, 0.4) is 0 Å². The Morgan fingerprint density at radius 2 is 1.73 bits per heavy atom. The van der Waals surface area contributed by atoms with E-state index in [0.29, 0.717) is 52.5 Å². The second-order valence-corrected chi connectivity index (χ2v) is 13.0. The first-order chi connectivity index (χ1) is 22.9. The normalized spacial score (nSPS) is 14.8. The molecule has 1 aromatic heterocycles. The van der Waals surface area contributed by atoms with Crippen molar-refractivity contribution >= 4 is 39.9 Å². The summed E-state index contributed by atoms with van der Waals surface area (Å²) in [5.41, 5.74) is 2.91. The molecule has 0 spiro atoms. The van der Waals surface area contributed by atoms with Gasteiger partial charge in [0.1, 0.15) is 6.04 Å². The number of nitrogens with one attached hydrogen (secondary N) is 3. The van der Waals surface area contributed by atoms with E-state index in [1.165, 1.54) is 38.5 Å². The molecule has 13 heteroatoms. The Kier molecular flexibility index (Phi) is 11.7. The van der Waals surface area contributed by atoms with Crippen molar-refractivity contribution in [3.63, 3.8) is 0 Å². The number of amides is 2. The third-order valence-electron chi connectivity index (χ3n) is 8.51. The number of fused-ring (bicyclic) bond motifs is 3. The van der Waals surface area contributed by atoms with Gasteiger partial charge in [-0.25, -0.2) is 9.78 Å². The number of esters is 1. The zero-order valence-corrected chi connectivity index (χ0v) is 29.7. The van der Waals surface area contributed by atoms with Crippen LogP contribution in [0.2, 0.25) is 0 Å². The molecule has 0 fully saturated rings. The first-order valence-electron chi connectivity index (χ1n) is 15.8. The van der Waals surface area contributed by atoms with Gasteiger partial charge >= 0.3 is 5.97 Å². The summed E-state index contributed by atoms with van der Waals surface area (Å²) in [5, 5.41) is 9.32. The molecule has 3 N–H and O–H groups in total. The number of thiazole rings is 1. The number of aromatic nitrogens is 1. The van der Waals surface area contributed by atoms with Crippen LogP contribution in [0.15, 0.2) is 29.1 Å². The van der Waals surface area contributed by atoms with Gasteiger partial charge in [0.15, 0.2) is 22.3 Å². The summed E-state index contributed by atoms with van der Waals surface area (Å²) in [6.07, 6.45) is 1.72. The third-order valence-corrected chi connectivity index (χ3v) is 9.78. The molecular formula is C35H44N4O8S. The van der Waals surface area contributed by atoms with Crippen molar-refractivity contribution in [2.24, 2.45) is 5.92 Å². The lowest BCUT2D eigenvalue weighted by atomic mass is 9.95. The van der Waals surface area contributed by atoms with E-state index in [4.69, 9.17) is 18.9 Å². The predicted octanol–water partition coefficient (Wildman–Crippen LogP) is 5.69. The topological polar surface area (TPSA) is 154 Å². The number of aryl methyl sites for hydroxylation is 1. The number of carbonyl (C=O) groups excluding carboxylic acids is 3. The highest BCUT2D eigenvalue weighted by atomic mass is 32.1. The average Bonchev–Trinajstić information content (AvgIpc) is 3.35. The van der Waals surface area contributed by atoms with Crippen LogP contribution in [0, 0.1) is 5.92 Å². The van der Waals surface area contributed by atoms with E-state index in [9.17, 15) is 19.2 Å². The maximum Gasteiger partial charge on any atom is 0.357 e. The van der Waals surface area contributed by atoms with Crippen molar-refractivity contribution in [1.82, 2.24) is 10.3 Å². The largest absolute Gasteiger partial charge is 0.493 e. The molecule has 1 aliphatic carbocycles. The van der Waals surface area contributed by atoms with Crippen molar-refractivity contribution in [1.29, 1.82) is 0 Å². The van der Waals surface area contributed by atoms with Gasteiger partial charge in [0, 0.05) is 17.4 Å². The summed E-state index contributed by atoms with van der Waals surface area (Å²) in [7, 11) is 5.90. The number of methoxy groups -OCH3 is 4. The Morgan fingerprint density at radius 3 is 2.31 bits per heavy atom. The van der Waals surface area contributed by atoms with Crippen molar-refractivity contribution < 1.29 is 33.3 Å². The SMILES string of the molecule is CC[C@@H](C)[C@H](Nc1ccc2c(cc1=O)[C@@H](NC(C)=O)CCc1cc(OC)c(OC)c(OC)c1-2)C(=O)Nc1nc(C(=O)OC)c(C(C)C)s1. The quantitative estimate of drug-likeness (QED) is 0.203. The minimum absolute atomic E-state index is 0.0144. The summed E-state index contributed by atoms with van der Waals surface area (Å²) in [4.78, 5) is 57.4. The van der Waals surface area contributed by atoms with Crippen molar-refractivity contribution in [3.05, 3.63) is 56.2 Å². The highest BCUT2D eigenvalue weighted by molar-refractivity contribution is 7.16. The summed E-state index contributed by atoms with van der Waals surface area (Å²) < 4.78 is 22.0. The zero-order chi connectivity index (χ0) is 35.3. The van der Waals surface area contributed by atoms with E-state index in [0.717, 1.165) is 11.1 Å². The Morgan fingerprint density at radius 1 is 1.02 bits per heavy atom. The van der Waals surface area contributed by atoms with E-state index in [-0.39, 0.29) is 39.7 Å². The molecular weight excluding hydrogens is 636 g/mol. The number of hydrogen-bond acceptors (Lipinski definition) is 11. The van der Waals surface area contributed by atoms with E-state index in [1.54, 1.807) is 26.4 Å². The molecule has 2 aromatic carbocycles. The second-order valence-electron chi connectivity index (χ2n) is 12.0. The molecule has 258 valence electrons. The Bertz CT molecular complexity index is 1760. The van der Waals surface area contributed by atoms with Crippen LogP contribution in [0.25, 0.3) is 11.1 Å². The predicted molar refractivity (Wildman–Crippen MR) is 186 cm³/mol. The number of nitrogens with zero attached hydrogens (tertiary/aromatic N) is 1. The maximum absolute atomic E-state index is 13.9. The molecule has 12 nitrogen and oxygen atoms in total. The lowest BCUT2D eigenvalue weighted by Gasteiger charge is -2.23. The van der Waals surface area contributed by atoms with Crippen molar-refractivity contribution in [2.75, 3.05) is 39.1 Å². The van der Waals surface area contributed by atoms with Crippen LogP contribution >= 0.6 is 11.3 Å². The van der Waals surface area contributed by atoms with Gasteiger partial charge in [0.2, 0.25) is 23.0 Å². The fraction of sp³-hybridized carbons (Fsp3) is 0.457. The van der Waals surface area contributed by atoms with Gasteiger partial charge in [-0.1, -0.05) is 40.2 Å². The summed E-state index contributed by atoms with van der Waals surface area (Å²) in [6.45, 7) is 9.16. The van der Waals surface area contributed by atoms with Gasteiger partial charge in [-0.2, -0.15) is 0 Å². The Balaban J connectivity index is 1.82. The van der Waals surface area contributed by atoms with Gasteiger partial charge in [0.25, 0.3) is 0 Å². The average molecular weight is 681 g/mol. The van der Waals surface area contributed by atoms with Crippen LogP contribution in [0.5, 0.6) is 17.2 Å². The molecule has 3 aromatic rings. The number of benzene rings is 1. The van der Waals surface area contributed by atoms with E-state index in [1.807, 2.05) is 33.8 Å². The molecule has 1 aliphatic rings. The molecule has 0 bridgehead atoms. The first-order valence-corrected chi connectivity index (χ1v) is 16.6. The van der Waals surface area contributed by atoms with Gasteiger partial charge in [0.05, 0.1) is 40.2 Å². The molecule has 48 heavy (non-hydrogen) atoms. The number of anilines is 2. The highest BCUT2D eigenvalue weighted by Crippen LogP contribution is 2.50. The number of carbonyl (C=O) groups is 3. The van der Waals surface area contributed by atoms with Crippen molar-refractivity contribution in [3.8, 4) is 28.4 Å². The van der Waals surface area contributed by atoms with Gasteiger partial charge in [-0.15, -0.1) is 11.3 Å². The van der Waals surface area contributed by atoms with E-state index >= 15 is 0 Å². The summed E-state index contributed by atoms with van der Waals surface area (Å²) >= 11 is 1.21. The zero-order valence-electron chi connectivity index (χ0n) is 28.9. The smallest absolute Gasteiger partial charge is 0.357 e. The van der Waals surface area contributed by atoms with Gasteiger partial charge in [-0.3, -0.25) is 14.4 Å². The second kappa shape index (κ2) is 15.5. The van der Waals surface area contributed by atoms with Crippen LogP contribution in [0.4, 0.5) is 10.8 Å². The fourth-order valence-corrected chi connectivity index (χ4v) is 6.86. The molecule has 4 rings (SSSR count). The summed E-state index contributed by atoms with van der Waals surface area (Å²) in [6, 6.07) is 5.55. The Hall–Kier alpha value is -4.65. The maximum atomic E-state index is 13.9. The van der Waals surface area contributed by atoms with Crippen LogP contribution in [-0.2, 0) is 20.7 Å². The number of rotatable bonds is 12. The molecule has 0 unspecified atom stereocenters. The molecule has 0 saturated heterocycles. The molecule has 0 saturated carbocycles. The third kappa shape index (κ3) is 7.40. The Labute approximate surface area is 284 Å². The highest BCUT2D eigenvalue weighted by Gasteiger charge is 2.31. The van der Waals surface area contributed by atoms with Crippen molar-refractivity contribution in [2.45, 2.75) is 71.9 Å². The van der Waals surface area contributed by atoms with Crippen LogP contribution < -0.4 is 35.6 Å². The minimum Gasteiger partial charge on any atom is -0.493 e. The monoisotopic (exact) mass is 680 g/mol.